The number of hydrogen-bond acceptors (Lipinski definition) is 4. The molecule has 1 aromatic heterocycles. The molecule has 29 heavy (non-hydrogen) atoms. The number of rotatable bonds is 10. The Kier molecular flexibility index (Phi) is 9.02. The number of nitrogens with zero attached hydrogens (tertiary/aromatic N) is 1. The second kappa shape index (κ2) is 11.5. The van der Waals surface area contributed by atoms with E-state index in [0.717, 1.165) is 36.8 Å². The van der Waals surface area contributed by atoms with E-state index in [1.54, 1.807) is 24.3 Å². The predicted molar refractivity (Wildman–Crippen MR) is 116 cm³/mol. The van der Waals surface area contributed by atoms with Gasteiger partial charge in [-0.2, -0.15) is 5.10 Å². The van der Waals surface area contributed by atoms with Crippen LogP contribution in [-0.2, 0) is 0 Å². The maximum Gasteiger partial charge on any atom is 0.272 e. The van der Waals surface area contributed by atoms with Gasteiger partial charge in [-0.3, -0.25) is 4.79 Å². The van der Waals surface area contributed by atoms with Gasteiger partial charge in [0.1, 0.15) is 12.5 Å². The van der Waals surface area contributed by atoms with Gasteiger partial charge in [0, 0.05) is 24.0 Å². The number of unbranched alkanes of at least 4 members (excludes halogenated alkanes) is 2. The van der Waals surface area contributed by atoms with E-state index in [2.05, 4.69) is 20.8 Å². The van der Waals surface area contributed by atoms with Crippen LogP contribution in [0.5, 0.6) is 0 Å². The molecule has 0 spiro atoms. The summed E-state index contributed by atoms with van der Waals surface area (Å²) in [6.07, 6.45) is 2.82. The van der Waals surface area contributed by atoms with E-state index in [1.165, 1.54) is 6.07 Å². The van der Waals surface area contributed by atoms with Crippen molar-refractivity contribution >= 4 is 28.9 Å². The first kappa shape index (κ1) is 22.8. The van der Waals surface area contributed by atoms with Crippen LogP contribution in [0.4, 0.5) is 14.5 Å². The molecule has 0 unspecified atom stereocenters. The molecule has 1 heterocycles. The SMILES string of the molecule is Cl.O=c1[nH]nc(-c2ccc(F)c(NCCCCCNCCF)c2)c2ccccc12. The molecule has 0 saturated heterocycles. The van der Waals surface area contributed by atoms with Crippen molar-refractivity contribution in [2.75, 3.05) is 31.6 Å². The Balaban J connectivity index is 0.00000300. The second-order valence-corrected chi connectivity index (χ2v) is 6.57. The van der Waals surface area contributed by atoms with Crippen LogP contribution >= 0.6 is 12.4 Å². The van der Waals surface area contributed by atoms with Gasteiger partial charge in [-0.1, -0.05) is 24.6 Å². The number of benzene rings is 2. The highest BCUT2D eigenvalue weighted by molar-refractivity contribution is 5.94. The predicted octanol–water partition coefficient (Wildman–Crippen LogP) is 4.29. The molecule has 3 N–H and O–H groups in total. The summed E-state index contributed by atoms with van der Waals surface area (Å²) in [5.74, 6) is -0.331. The average Bonchev–Trinajstić information content (AvgIpc) is 2.72. The van der Waals surface area contributed by atoms with Crippen LogP contribution in [0.2, 0.25) is 0 Å². The van der Waals surface area contributed by atoms with E-state index in [1.807, 2.05) is 12.1 Å². The van der Waals surface area contributed by atoms with Crippen molar-refractivity contribution < 1.29 is 8.78 Å². The van der Waals surface area contributed by atoms with Gasteiger partial charge < -0.3 is 10.6 Å². The van der Waals surface area contributed by atoms with Crippen LogP contribution in [-0.4, -0.2) is 36.5 Å². The highest BCUT2D eigenvalue weighted by Gasteiger charge is 2.11. The molecule has 0 bridgehead atoms. The van der Waals surface area contributed by atoms with Gasteiger partial charge in [-0.15, -0.1) is 12.4 Å². The number of alkyl halides is 1. The maximum atomic E-state index is 14.2. The number of anilines is 1. The van der Waals surface area contributed by atoms with Crippen LogP contribution in [0.25, 0.3) is 22.0 Å². The van der Waals surface area contributed by atoms with Crippen molar-refractivity contribution in [3.05, 3.63) is 58.6 Å². The molecule has 5 nitrogen and oxygen atoms in total. The molecule has 3 rings (SSSR count). The molecule has 2 aromatic carbocycles. The molecule has 0 aliphatic rings. The van der Waals surface area contributed by atoms with Gasteiger partial charge in [-0.25, -0.2) is 13.9 Å². The molecule has 156 valence electrons. The number of fused-ring (bicyclic) bond motifs is 1. The van der Waals surface area contributed by atoms with E-state index in [9.17, 15) is 13.6 Å². The van der Waals surface area contributed by atoms with Crippen LogP contribution in [0.3, 0.4) is 0 Å². The van der Waals surface area contributed by atoms with E-state index in [0.29, 0.717) is 29.9 Å². The van der Waals surface area contributed by atoms with Crippen LogP contribution in [0, 0.1) is 5.82 Å². The van der Waals surface area contributed by atoms with Crippen LogP contribution < -0.4 is 16.2 Å². The van der Waals surface area contributed by atoms with Crippen molar-refractivity contribution in [2.45, 2.75) is 19.3 Å². The lowest BCUT2D eigenvalue weighted by atomic mass is 10.0. The second-order valence-electron chi connectivity index (χ2n) is 6.57. The fraction of sp³-hybridized carbons (Fsp3) is 0.333. The highest BCUT2D eigenvalue weighted by atomic mass is 35.5. The Morgan fingerprint density at radius 2 is 1.72 bits per heavy atom. The minimum Gasteiger partial charge on any atom is -0.383 e. The summed E-state index contributed by atoms with van der Waals surface area (Å²) in [6.45, 7) is 1.47. The Hall–Kier alpha value is -2.51. The van der Waals surface area contributed by atoms with Crippen molar-refractivity contribution in [3.63, 3.8) is 0 Å². The quantitative estimate of drug-likeness (QED) is 0.426. The molecule has 0 fully saturated rings. The maximum absolute atomic E-state index is 14.2. The van der Waals surface area contributed by atoms with E-state index in [4.69, 9.17) is 0 Å². The third-order valence-electron chi connectivity index (χ3n) is 4.55. The summed E-state index contributed by atoms with van der Waals surface area (Å²) in [7, 11) is 0. The summed E-state index contributed by atoms with van der Waals surface area (Å²) in [4.78, 5) is 12.0. The summed E-state index contributed by atoms with van der Waals surface area (Å²) in [6, 6.07) is 12.0. The van der Waals surface area contributed by atoms with E-state index in [-0.39, 0.29) is 30.5 Å². The number of aromatic amines is 1. The zero-order valence-corrected chi connectivity index (χ0v) is 16.8. The molecule has 0 aliphatic carbocycles. The van der Waals surface area contributed by atoms with Crippen molar-refractivity contribution in [1.29, 1.82) is 0 Å². The van der Waals surface area contributed by atoms with Gasteiger partial charge in [-0.05, 0) is 43.7 Å². The lowest BCUT2D eigenvalue weighted by molar-refractivity contribution is 0.462. The first-order chi connectivity index (χ1) is 13.7. The van der Waals surface area contributed by atoms with Crippen LogP contribution in [0.1, 0.15) is 19.3 Å². The standard InChI is InChI=1S/C21H24F2N4O.ClH/c22-10-13-24-11-4-1-5-12-25-19-14-15(8-9-18(19)23)20-16-6-2-3-7-17(16)21(28)27-26-20;/h2-3,6-9,14,24-25H,1,4-5,10-13H2,(H,27,28);1H. The minimum absolute atomic E-state index is 0. The van der Waals surface area contributed by atoms with Gasteiger partial charge in [0.2, 0.25) is 0 Å². The molecule has 0 radical (unpaired) electrons. The number of nitrogens with one attached hydrogen (secondary N) is 3. The Labute approximate surface area is 174 Å². The summed E-state index contributed by atoms with van der Waals surface area (Å²) in [5, 5.41) is 14.1. The minimum atomic E-state index is -0.351. The number of H-pyrrole nitrogens is 1. The Morgan fingerprint density at radius 3 is 2.52 bits per heavy atom. The van der Waals surface area contributed by atoms with E-state index >= 15 is 0 Å². The van der Waals surface area contributed by atoms with E-state index < -0.39 is 0 Å². The molecule has 0 amide bonds. The van der Waals surface area contributed by atoms with Crippen molar-refractivity contribution in [2.24, 2.45) is 0 Å². The molecule has 0 aliphatic heterocycles. The smallest absolute Gasteiger partial charge is 0.272 e. The summed E-state index contributed by atoms with van der Waals surface area (Å²) in [5.41, 5.74) is 1.50. The topological polar surface area (TPSA) is 69.8 Å². The fourth-order valence-corrected chi connectivity index (χ4v) is 3.11. The van der Waals surface area contributed by atoms with Gasteiger partial charge >= 0.3 is 0 Å². The summed E-state index contributed by atoms with van der Waals surface area (Å²) < 4.78 is 26.2. The van der Waals surface area contributed by atoms with Crippen LogP contribution in [0.15, 0.2) is 47.3 Å². The lowest BCUT2D eigenvalue weighted by Crippen LogP contribution is -2.18. The van der Waals surface area contributed by atoms with Gasteiger partial charge in [0.25, 0.3) is 5.56 Å². The normalized spacial score (nSPS) is 10.7. The van der Waals surface area contributed by atoms with Gasteiger partial charge in [0.15, 0.2) is 0 Å². The molecular formula is C21H25ClF2N4O. The Morgan fingerprint density at radius 1 is 0.966 bits per heavy atom. The highest BCUT2D eigenvalue weighted by Crippen LogP contribution is 2.27. The first-order valence-electron chi connectivity index (χ1n) is 9.48. The molecule has 8 heteroatoms. The summed E-state index contributed by atoms with van der Waals surface area (Å²) >= 11 is 0. The zero-order valence-electron chi connectivity index (χ0n) is 16.0. The molecule has 0 saturated carbocycles. The van der Waals surface area contributed by atoms with Gasteiger partial charge in [0.05, 0.1) is 16.8 Å². The number of hydrogen-bond donors (Lipinski definition) is 3. The average molecular weight is 423 g/mol. The number of aromatic nitrogens is 2. The lowest BCUT2D eigenvalue weighted by Gasteiger charge is -2.11. The first-order valence-corrected chi connectivity index (χ1v) is 9.48. The fourth-order valence-electron chi connectivity index (χ4n) is 3.11. The largest absolute Gasteiger partial charge is 0.383 e. The number of halogens is 3. The monoisotopic (exact) mass is 422 g/mol. The third kappa shape index (κ3) is 5.98. The van der Waals surface area contributed by atoms with Crippen molar-refractivity contribution in [1.82, 2.24) is 15.5 Å². The zero-order chi connectivity index (χ0) is 19.8. The van der Waals surface area contributed by atoms with Crippen molar-refractivity contribution in [3.8, 4) is 11.3 Å². The molecule has 3 aromatic rings. The molecular weight excluding hydrogens is 398 g/mol. The third-order valence-corrected chi connectivity index (χ3v) is 4.55. The Bertz CT molecular complexity index is 980. The molecule has 0 atom stereocenters.